The summed E-state index contributed by atoms with van der Waals surface area (Å²) in [6.07, 6.45) is 1.67. The summed E-state index contributed by atoms with van der Waals surface area (Å²) < 4.78 is 9.46. The van der Waals surface area contributed by atoms with E-state index < -0.39 is 0 Å². The SMILES string of the molecule is CN(C)C1[C@H]2CN(C(=O)c3nnc(-c4ccns4)o3)C[C@@H]12. The van der Waals surface area contributed by atoms with Crippen molar-refractivity contribution in [2.75, 3.05) is 27.2 Å². The molecule has 4 rings (SSSR count). The molecule has 0 spiro atoms. The molecular weight excluding hydrogens is 290 g/mol. The van der Waals surface area contributed by atoms with Crippen molar-refractivity contribution in [3.63, 3.8) is 0 Å². The van der Waals surface area contributed by atoms with E-state index >= 15 is 0 Å². The Bertz CT molecular complexity index is 656. The van der Waals surface area contributed by atoms with Crippen LogP contribution in [0.5, 0.6) is 0 Å². The number of aromatic nitrogens is 3. The first-order chi connectivity index (χ1) is 10.1. The Morgan fingerprint density at radius 3 is 2.76 bits per heavy atom. The number of amides is 1. The molecule has 1 unspecified atom stereocenters. The number of nitrogens with zero attached hydrogens (tertiary/aromatic N) is 5. The minimum Gasteiger partial charge on any atom is -0.411 e. The van der Waals surface area contributed by atoms with Gasteiger partial charge in [0.05, 0.1) is 0 Å². The zero-order valence-corrected chi connectivity index (χ0v) is 12.6. The number of carbonyl (C=O) groups is 1. The lowest BCUT2D eigenvalue weighted by Gasteiger charge is -2.20. The maximum Gasteiger partial charge on any atom is 0.311 e. The summed E-state index contributed by atoms with van der Waals surface area (Å²) in [5.74, 6) is 1.45. The molecule has 110 valence electrons. The van der Waals surface area contributed by atoms with E-state index in [9.17, 15) is 4.79 Å². The minimum absolute atomic E-state index is 0.0705. The zero-order chi connectivity index (χ0) is 14.6. The third-order valence-corrected chi connectivity index (χ3v) is 5.02. The highest BCUT2D eigenvalue weighted by Crippen LogP contribution is 2.48. The molecule has 2 aromatic heterocycles. The Morgan fingerprint density at radius 2 is 2.14 bits per heavy atom. The topological polar surface area (TPSA) is 75.4 Å². The van der Waals surface area contributed by atoms with Gasteiger partial charge in [-0.05, 0) is 43.5 Å². The molecule has 1 amide bonds. The van der Waals surface area contributed by atoms with Crippen LogP contribution in [0.4, 0.5) is 0 Å². The molecule has 3 heterocycles. The summed E-state index contributed by atoms with van der Waals surface area (Å²) in [5, 5.41) is 7.79. The van der Waals surface area contributed by atoms with E-state index in [0.717, 1.165) is 18.0 Å². The molecule has 1 aliphatic heterocycles. The van der Waals surface area contributed by atoms with Crippen molar-refractivity contribution in [3.8, 4) is 10.8 Å². The number of rotatable bonds is 3. The standard InChI is InChI=1S/C13H15N5O2S/c1-17(2)10-7-5-18(6-8(7)10)13(19)12-16-15-11(20-12)9-3-4-14-21-9/h3-4,7-8,10H,5-6H2,1-2H3/t7-,8+,10?. The van der Waals surface area contributed by atoms with Crippen LogP contribution in [0.25, 0.3) is 10.8 Å². The number of piperidine rings is 1. The van der Waals surface area contributed by atoms with Gasteiger partial charge in [-0.15, -0.1) is 10.2 Å². The highest BCUT2D eigenvalue weighted by atomic mass is 32.1. The van der Waals surface area contributed by atoms with E-state index in [0.29, 0.717) is 23.8 Å². The average Bonchev–Trinajstić information content (AvgIpc) is 3.00. The Hall–Kier alpha value is -1.80. The van der Waals surface area contributed by atoms with E-state index in [1.54, 1.807) is 12.3 Å². The van der Waals surface area contributed by atoms with Crippen LogP contribution in [0.15, 0.2) is 16.7 Å². The van der Waals surface area contributed by atoms with Crippen LogP contribution in [0, 0.1) is 11.8 Å². The van der Waals surface area contributed by atoms with E-state index in [2.05, 4.69) is 33.6 Å². The second kappa shape index (κ2) is 4.60. The number of likely N-dealkylation sites (tertiary alicyclic amines) is 1. The van der Waals surface area contributed by atoms with Crippen molar-refractivity contribution in [3.05, 3.63) is 18.2 Å². The fourth-order valence-corrected chi connectivity index (χ4v) is 3.81. The molecule has 0 radical (unpaired) electrons. The van der Waals surface area contributed by atoms with Gasteiger partial charge in [0.1, 0.15) is 4.88 Å². The third-order valence-electron chi connectivity index (χ3n) is 4.29. The molecule has 2 aliphatic rings. The number of hydrogen-bond acceptors (Lipinski definition) is 7. The normalized spacial score (nSPS) is 27.2. The molecule has 1 saturated carbocycles. The molecule has 7 nitrogen and oxygen atoms in total. The van der Waals surface area contributed by atoms with Gasteiger partial charge in [0, 0.05) is 25.3 Å². The van der Waals surface area contributed by atoms with Crippen LogP contribution in [0.3, 0.4) is 0 Å². The first-order valence-corrected chi connectivity index (χ1v) is 7.63. The maximum atomic E-state index is 12.4. The van der Waals surface area contributed by atoms with Gasteiger partial charge in [-0.2, -0.15) is 0 Å². The van der Waals surface area contributed by atoms with Crippen LogP contribution in [0.1, 0.15) is 10.7 Å². The van der Waals surface area contributed by atoms with Crippen LogP contribution in [-0.2, 0) is 0 Å². The average molecular weight is 305 g/mol. The van der Waals surface area contributed by atoms with E-state index in [-0.39, 0.29) is 11.8 Å². The van der Waals surface area contributed by atoms with Crippen molar-refractivity contribution in [1.29, 1.82) is 0 Å². The Balaban J connectivity index is 1.45. The van der Waals surface area contributed by atoms with E-state index in [4.69, 9.17) is 4.42 Å². The second-order valence-electron chi connectivity index (χ2n) is 5.78. The maximum absolute atomic E-state index is 12.4. The van der Waals surface area contributed by atoms with Crippen molar-refractivity contribution in [1.82, 2.24) is 24.4 Å². The van der Waals surface area contributed by atoms with Crippen molar-refractivity contribution in [2.45, 2.75) is 6.04 Å². The third kappa shape index (κ3) is 2.06. The summed E-state index contributed by atoms with van der Waals surface area (Å²) in [5.41, 5.74) is 0. The smallest absolute Gasteiger partial charge is 0.311 e. The highest BCUT2D eigenvalue weighted by Gasteiger charge is 2.58. The lowest BCUT2D eigenvalue weighted by atomic mass is 10.3. The molecule has 21 heavy (non-hydrogen) atoms. The molecular formula is C13H15N5O2S. The summed E-state index contributed by atoms with van der Waals surface area (Å²) in [7, 11) is 4.18. The fraction of sp³-hybridized carbons (Fsp3) is 0.538. The van der Waals surface area contributed by atoms with Gasteiger partial charge in [-0.25, -0.2) is 4.37 Å². The molecule has 2 fully saturated rings. The molecule has 0 bridgehead atoms. The Kier molecular flexibility index (Phi) is 2.83. The number of carbonyl (C=O) groups excluding carboxylic acids is 1. The van der Waals surface area contributed by atoms with Gasteiger partial charge in [0.15, 0.2) is 0 Å². The zero-order valence-electron chi connectivity index (χ0n) is 11.8. The van der Waals surface area contributed by atoms with Crippen molar-refractivity contribution in [2.24, 2.45) is 11.8 Å². The lowest BCUT2D eigenvalue weighted by molar-refractivity contribution is 0.0723. The van der Waals surface area contributed by atoms with Gasteiger partial charge in [-0.3, -0.25) is 4.79 Å². The second-order valence-corrected chi connectivity index (χ2v) is 6.61. The van der Waals surface area contributed by atoms with Crippen molar-refractivity contribution < 1.29 is 9.21 Å². The van der Waals surface area contributed by atoms with E-state index in [1.165, 1.54) is 11.5 Å². The molecule has 0 N–H and O–H groups in total. The summed E-state index contributed by atoms with van der Waals surface area (Å²) in [6, 6.07) is 2.41. The van der Waals surface area contributed by atoms with Gasteiger partial charge in [-0.1, -0.05) is 0 Å². The predicted octanol–water partition coefficient (Wildman–Crippen LogP) is 0.825. The van der Waals surface area contributed by atoms with Crippen LogP contribution in [0.2, 0.25) is 0 Å². The van der Waals surface area contributed by atoms with Gasteiger partial charge in [0.25, 0.3) is 5.89 Å². The van der Waals surface area contributed by atoms with Crippen LogP contribution >= 0.6 is 11.5 Å². The Morgan fingerprint density at radius 1 is 1.38 bits per heavy atom. The molecule has 0 aromatic carbocycles. The van der Waals surface area contributed by atoms with Crippen molar-refractivity contribution >= 4 is 17.4 Å². The molecule has 1 saturated heterocycles. The van der Waals surface area contributed by atoms with Crippen LogP contribution in [-0.4, -0.2) is 63.5 Å². The van der Waals surface area contributed by atoms with Gasteiger partial charge < -0.3 is 14.2 Å². The molecule has 1 aliphatic carbocycles. The highest BCUT2D eigenvalue weighted by molar-refractivity contribution is 7.09. The summed E-state index contributed by atoms with van der Waals surface area (Å²) in [6.45, 7) is 1.56. The van der Waals surface area contributed by atoms with E-state index in [1.807, 2.05) is 4.90 Å². The Labute approximate surface area is 125 Å². The molecule has 3 atom stereocenters. The molecule has 8 heteroatoms. The molecule has 2 aromatic rings. The first kappa shape index (κ1) is 12.9. The fourth-order valence-electron chi connectivity index (χ4n) is 3.30. The summed E-state index contributed by atoms with van der Waals surface area (Å²) >= 11 is 1.27. The minimum atomic E-state index is -0.164. The van der Waals surface area contributed by atoms with Crippen LogP contribution < -0.4 is 0 Å². The monoisotopic (exact) mass is 305 g/mol. The lowest BCUT2D eigenvalue weighted by Crippen LogP contribution is -2.35. The predicted molar refractivity (Wildman–Crippen MR) is 75.8 cm³/mol. The summed E-state index contributed by atoms with van der Waals surface area (Å²) in [4.78, 5) is 17.2. The largest absolute Gasteiger partial charge is 0.411 e. The number of hydrogen-bond donors (Lipinski definition) is 0. The quantitative estimate of drug-likeness (QED) is 0.836. The number of fused-ring (bicyclic) bond motifs is 1. The van der Waals surface area contributed by atoms with Gasteiger partial charge in [0.2, 0.25) is 0 Å². The van der Waals surface area contributed by atoms with Gasteiger partial charge >= 0.3 is 11.8 Å². The first-order valence-electron chi connectivity index (χ1n) is 6.85.